The lowest BCUT2D eigenvalue weighted by atomic mass is 10.3. The van der Waals surface area contributed by atoms with E-state index >= 15 is 0 Å². The fraction of sp³-hybridized carbons (Fsp3) is 0.143. The summed E-state index contributed by atoms with van der Waals surface area (Å²) in [6.45, 7) is 0. The van der Waals surface area contributed by atoms with Crippen LogP contribution in [0.15, 0.2) is 41.3 Å². The fourth-order valence-corrected chi connectivity index (χ4v) is 3.12. The van der Waals surface area contributed by atoms with Crippen molar-refractivity contribution in [3.8, 4) is 11.5 Å². The van der Waals surface area contributed by atoms with E-state index in [1.165, 1.54) is 50.6 Å². The molecule has 1 N–H and O–H groups in total. The summed E-state index contributed by atoms with van der Waals surface area (Å²) in [5.41, 5.74) is 0.309. The summed E-state index contributed by atoms with van der Waals surface area (Å²) in [6, 6.07) is 8.77. The maximum Gasteiger partial charge on any atom is 0.262 e. The number of sulfonamides is 1. The maximum absolute atomic E-state index is 12.4. The Morgan fingerprint density at radius 3 is 2.18 bits per heavy atom. The summed E-state index contributed by atoms with van der Waals surface area (Å²) in [7, 11) is -0.884. The zero-order chi connectivity index (χ0) is 16.3. The predicted molar refractivity (Wildman–Crippen MR) is 86.8 cm³/mol. The molecule has 0 aliphatic rings. The number of ether oxygens (including phenoxy) is 2. The van der Waals surface area contributed by atoms with Gasteiger partial charge in [0.2, 0.25) is 0 Å². The van der Waals surface area contributed by atoms with Gasteiger partial charge in [0, 0.05) is 6.07 Å². The highest BCUT2D eigenvalue weighted by Gasteiger charge is 2.17. The molecule has 118 valence electrons. The second kappa shape index (κ2) is 6.64. The van der Waals surface area contributed by atoms with Crippen LogP contribution in [0.3, 0.4) is 0 Å². The van der Waals surface area contributed by atoms with Crippen molar-refractivity contribution >= 4 is 38.9 Å². The van der Waals surface area contributed by atoms with Gasteiger partial charge in [-0.25, -0.2) is 8.42 Å². The van der Waals surface area contributed by atoms with Crippen molar-refractivity contribution in [3.05, 3.63) is 46.4 Å². The predicted octanol–water partition coefficient (Wildman–Crippen LogP) is 3.81. The Balaban J connectivity index is 2.35. The molecule has 0 radical (unpaired) electrons. The highest BCUT2D eigenvalue weighted by Crippen LogP contribution is 2.31. The summed E-state index contributed by atoms with van der Waals surface area (Å²) in [4.78, 5) is 0.0382. The first-order valence-corrected chi connectivity index (χ1v) is 8.31. The van der Waals surface area contributed by atoms with Gasteiger partial charge in [0.05, 0.1) is 34.8 Å². The van der Waals surface area contributed by atoms with E-state index in [-0.39, 0.29) is 9.92 Å². The first-order valence-electron chi connectivity index (χ1n) is 6.07. The molecule has 0 fully saturated rings. The van der Waals surface area contributed by atoms with Crippen molar-refractivity contribution in [1.82, 2.24) is 0 Å². The van der Waals surface area contributed by atoms with Gasteiger partial charge in [0.15, 0.2) is 11.5 Å². The van der Waals surface area contributed by atoms with Crippen molar-refractivity contribution in [2.24, 2.45) is 0 Å². The van der Waals surface area contributed by atoms with Crippen molar-refractivity contribution < 1.29 is 17.9 Å². The van der Waals surface area contributed by atoms with Gasteiger partial charge in [0.25, 0.3) is 10.0 Å². The molecule has 2 aromatic carbocycles. The van der Waals surface area contributed by atoms with Crippen LogP contribution in [-0.4, -0.2) is 22.6 Å². The Morgan fingerprint density at radius 2 is 1.59 bits per heavy atom. The van der Waals surface area contributed by atoms with E-state index in [9.17, 15) is 8.42 Å². The Morgan fingerprint density at radius 1 is 0.909 bits per heavy atom. The standard InChI is InChI=1S/C14H13Cl2NO4S/c1-20-13-6-4-10(8-14(13)21-2)22(18,19)17-9-3-5-11(15)12(16)7-9/h3-8,17H,1-2H3. The van der Waals surface area contributed by atoms with Crippen LogP contribution in [-0.2, 0) is 10.0 Å². The van der Waals surface area contributed by atoms with Crippen molar-refractivity contribution in [2.45, 2.75) is 4.90 Å². The number of nitrogens with one attached hydrogen (secondary N) is 1. The third-order valence-electron chi connectivity index (χ3n) is 2.84. The summed E-state index contributed by atoms with van der Waals surface area (Å²) < 4.78 is 37.4. The Kier molecular flexibility index (Phi) is 5.05. The topological polar surface area (TPSA) is 64.6 Å². The number of methoxy groups -OCH3 is 2. The van der Waals surface area contributed by atoms with E-state index < -0.39 is 10.0 Å². The lowest BCUT2D eigenvalue weighted by molar-refractivity contribution is 0.354. The largest absolute Gasteiger partial charge is 0.493 e. The Bertz CT molecular complexity index is 793. The minimum Gasteiger partial charge on any atom is -0.493 e. The van der Waals surface area contributed by atoms with Gasteiger partial charge in [0.1, 0.15) is 0 Å². The van der Waals surface area contributed by atoms with Crippen LogP contribution in [0, 0.1) is 0 Å². The monoisotopic (exact) mass is 361 g/mol. The highest BCUT2D eigenvalue weighted by atomic mass is 35.5. The molecule has 0 aliphatic heterocycles. The van der Waals surface area contributed by atoms with E-state index in [1.807, 2.05) is 0 Å². The molecule has 0 saturated carbocycles. The van der Waals surface area contributed by atoms with Crippen LogP contribution in [0.2, 0.25) is 10.0 Å². The molecule has 0 aromatic heterocycles. The number of hydrogen-bond donors (Lipinski definition) is 1. The van der Waals surface area contributed by atoms with Gasteiger partial charge >= 0.3 is 0 Å². The smallest absolute Gasteiger partial charge is 0.262 e. The molecule has 0 aliphatic carbocycles. The van der Waals surface area contributed by atoms with Gasteiger partial charge < -0.3 is 9.47 Å². The van der Waals surface area contributed by atoms with Gasteiger partial charge in [-0.1, -0.05) is 23.2 Å². The molecule has 0 atom stereocenters. The quantitative estimate of drug-likeness (QED) is 0.879. The molecule has 5 nitrogen and oxygen atoms in total. The average molecular weight is 362 g/mol. The molecular formula is C14H13Cl2NO4S. The minimum atomic E-state index is -3.79. The summed E-state index contributed by atoms with van der Waals surface area (Å²) >= 11 is 11.7. The van der Waals surface area contributed by atoms with Crippen LogP contribution in [0.5, 0.6) is 11.5 Å². The number of rotatable bonds is 5. The molecule has 2 aromatic rings. The van der Waals surface area contributed by atoms with E-state index in [4.69, 9.17) is 32.7 Å². The second-order valence-electron chi connectivity index (χ2n) is 4.25. The van der Waals surface area contributed by atoms with Gasteiger partial charge in [-0.05, 0) is 30.3 Å². The molecule has 0 spiro atoms. The maximum atomic E-state index is 12.4. The minimum absolute atomic E-state index is 0.0382. The summed E-state index contributed by atoms with van der Waals surface area (Å²) in [5, 5.41) is 0.602. The molecule has 0 unspecified atom stereocenters. The van der Waals surface area contributed by atoms with Crippen LogP contribution >= 0.6 is 23.2 Å². The van der Waals surface area contributed by atoms with E-state index in [1.54, 1.807) is 0 Å². The second-order valence-corrected chi connectivity index (χ2v) is 6.75. The van der Waals surface area contributed by atoms with E-state index in [0.29, 0.717) is 22.2 Å². The van der Waals surface area contributed by atoms with Crippen LogP contribution in [0.25, 0.3) is 0 Å². The molecule has 0 bridgehead atoms. The van der Waals surface area contributed by atoms with Crippen LogP contribution in [0.1, 0.15) is 0 Å². The van der Waals surface area contributed by atoms with Crippen LogP contribution < -0.4 is 14.2 Å². The number of halogens is 2. The molecule has 0 saturated heterocycles. The lowest BCUT2D eigenvalue weighted by Crippen LogP contribution is -2.13. The number of hydrogen-bond acceptors (Lipinski definition) is 4. The molecule has 0 heterocycles. The first-order chi connectivity index (χ1) is 10.4. The first kappa shape index (κ1) is 16.7. The number of anilines is 1. The van der Waals surface area contributed by atoms with E-state index in [2.05, 4.69) is 4.72 Å². The SMILES string of the molecule is COc1ccc(S(=O)(=O)Nc2ccc(Cl)c(Cl)c2)cc1OC. The lowest BCUT2D eigenvalue weighted by Gasteiger charge is -2.12. The van der Waals surface area contributed by atoms with Crippen molar-refractivity contribution in [1.29, 1.82) is 0 Å². The molecule has 0 amide bonds. The summed E-state index contributed by atoms with van der Waals surface area (Å²) in [6.07, 6.45) is 0. The highest BCUT2D eigenvalue weighted by molar-refractivity contribution is 7.92. The van der Waals surface area contributed by atoms with E-state index in [0.717, 1.165) is 0 Å². The average Bonchev–Trinajstić information content (AvgIpc) is 2.50. The number of benzene rings is 2. The van der Waals surface area contributed by atoms with Gasteiger partial charge in [-0.15, -0.1) is 0 Å². The zero-order valence-corrected chi connectivity index (χ0v) is 14.1. The molecule has 2 rings (SSSR count). The summed E-state index contributed by atoms with van der Waals surface area (Å²) in [5.74, 6) is 0.760. The third-order valence-corrected chi connectivity index (χ3v) is 4.96. The third kappa shape index (κ3) is 3.58. The van der Waals surface area contributed by atoms with Crippen molar-refractivity contribution in [2.75, 3.05) is 18.9 Å². The Hall–Kier alpha value is -1.63. The fourth-order valence-electron chi connectivity index (χ4n) is 1.76. The molecule has 22 heavy (non-hydrogen) atoms. The van der Waals surface area contributed by atoms with Crippen LogP contribution in [0.4, 0.5) is 5.69 Å². The zero-order valence-electron chi connectivity index (χ0n) is 11.8. The Labute approximate surface area is 138 Å². The van der Waals surface area contributed by atoms with Gasteiger partial charge in [-0.2, -0.15) is 0 Å². The van der Waals surface area contributed by atoms with Gasteiger partial charge in [-0.3, -0.25) is 4.72 Å². The normalized spacial score (nSPS) is 11.1. The molecular weight excluding hydrogens is 349 g/mol. The molecule has 8 heteroatoms. The van der Waals surface area contributed by atoms with Crippen molar-refractivity contribution in [3.63, 3.8) is 0 Å².